The fourth-order valence-corrected chi connectivity index (χ4v) is 7.17. The van der Waals surface area contributed by atoms with Crippen molar-refractivity contribution in [2.24, 2.45) is 4.99 Å². The maximum atomic E-state index is 14.2. The maximum Gasteiger partial charge on any atom is 0.338 e. The zero-order valence-corrected chi connectivity index (χ0v) is 29.2. The second kappa shape index (κ2) is 14.3. The molecule has 0 aliphatic carbocycles. The molecule has 0 fully saturated rings. The van der Waals surface area contributed by atoms with Gasteiger partial charge in [-0.05, 0) is 69.7 Å². The van der Waals surface area contributed by atoms with Crippen LogP contribution in [0.3, 0.4) is 0 Å². The molecular formula is C38H32BrClN2O4S. The molecule has 238 valence electrons. The Kier molecular flexibility index (Phi) is 9.92. The highest BCUT2D eigenvalue weighted by Crippen LogP contribution is 2.36. The van der Waals surface area contributed by atoms with Crippen LogP contribution in [0.15, 0.2) is 117 Å². The summed E-state index contributed by atoms with van der Waals surface area (Å²) in [7, 11) is 0. The molecule has 1 aromatic heterocycles. The molecule has 0 spiro atoms. The van der Waals surface area contributed by atoms with Crippen LogP contribution in [-0.4, -0.2) is 17.1 Å². The number of rotatable bonds is 9. The first kappa shape index (κ1) is 32.7. The van der Waals surface area contributed by atoms with Crippen LogP contribution in [0.2, 0.25) is 5.02 Å². The number of halogens is 2. The molecule has 4 aromatic carbocycles. The summed E-state index contributed by atoms with van der Waals surface area (Å²) in [4.78, 5) is 33.4. The zero-order valence-electron chi connectivity index (χ0n) is 26.1. The van der Waals surface area contributed by atoms with Crippen molar-refractivity contribution in [3.63, 3.8) is 0 Å². The van der Waals surface area contributed by atoms with Crippen molar-refractivity contribution in [1.29, 1.82) is 0 Å². The molecule has 1 aliphatic heterocycles. The summed E-state index contributed by atoms with van der Waals surface area (Å²) in [6.45, 7) is 6.55. The first-order valence-electron chi connectivity index (χ1n) is 15.3. The van der Waals surface area contributed by atoms with Crippen molar-refractivity contribution in [3.8, 4) is 5.75 Å². The molecular weight excluding hydrogens is 696 g/mol. The number of carbonyl (C=O) groups is 1. The summed E-state index contributed by atoms with van der Waals surface area (Å²) in [5.41, 5.74) is 5.01. The first-order chi connectivity index (χ1) is 22.7. The quantitative estimate of drug-likeness (QED) is 0.144. The van der Waals surface area contributed by atoms with Crippen molar-refractivity contribution in [1.82, 2.24) is 4.57 Å². The van der Waals surface area contributed by atoms with Crippen molar-refractivity contribution in [3.05, 3.63) is 160 Å². The Bertz CT molecular complexity index is 2150. The Balaban J connectivity index is 1.46. The molecule has 0 saturated carbocycles. The highest BCUT2D eigenvalue weighted by atomic mass is 79.9. The number of benzene rings is 4. The van der Waals surface area contributed by atoms with Crippen molar-refractivity contribution in [2.45, 2.75) is 39.3 Å². The Morgan fingerprint density at radius 3 is 2.43 bits per heavy atom. The average molecular weight is 728 g/mol. The summed E-state index contributed by atoms with van der Waals surface area (Å²) in [5.74, 6) is 0.483. The standard InChI is InChI=1S/C38H32BrClN2O4S/c1-4-45-37(44)33-34(26-10-6-5-7-11-26)41-38-42(35(33)27-17-15-25(16-18-27)23(2)3)36(43)32(47-38)21-24-14-19-31(29(39)20-24)46-22-28-12-8-9-13-30(28)40/h5-21,23,35H,4,22H2,1-3H3/b32-21-/t35-/m1/s1. The largest absolute Gasteiger partial charge is 0.488 e. The third-order valence-electron chi connectivity index (χ3n) is 7.89. The van der Waals surface area contributed by atoms with Crippen LogP contribution in [0.4, 0.5) is 0 Å². The molecule has 0 N–H and O–H groups in total. The molecule has 6 nitrogen and oxygen atoms in total. The summed E-state index contributed by atoms with van der Waals surface area (Å²) < 4.78 is 14.5. The van der Waals surface area contributed by atoms with Gasteiger partial charge < -0.3 is 9.47 Å². The lowest BCUT2D eigenvalue weighted by atomic mass is 9.91. The Morgan fingerprint density at radius 2 is 1.74 bits per heavy atom. The van der Waals surface area contributed by atoms with E-state index >= 15 is 0 Å². The second-order valence-electron chi connectivity index (χ2n) is 11.3. The van der Waals surface area contributed by atoms with Gasteiger partial charge in [0.25, 0.3) is 5.56 Å². The fraction of sp³-hybridized carbons (Fsp3) is 0.184. The van der Waals surface area contributed by atoms with Crippen molar-refractivity contribution >= 4 is 56.6 Å². The van der Waals surface area contributed by atoms with Gasteiger partial charge in [-0.1, -0.05) is 116 Å². The van der Waals surface area contributed by atoms with Crippen LogP contribution in [0.25, 0.3) is 11.8 Å². The molecule has 0 amide bonds. The van der Waals surface area contributed by atoms with Gasteiger partial charge in [0.05, 0.1) is 32.9 Å². The molecule has 0 bridgehead atoms. The van der Waals surface area contributed by atoms with Crippen LogP contribution < -0.4 is 19.6 Å². The van der Waals surface area contributed by atoms with Crippen molar-refractivity contribution < 1.29 is 14.3 Å². The monoisotopic (exact) mass is 726 g/mol. The van der Waals surface area contributed by atoms with Gasteiger partial charge >= 0.3 is 5.97 Å². The SMILES string of the molecule is CCOC(=O)C1=C(c2ccccc2)N=c2s/c(=C\c3ccc(OCc4ccccc4Cl)c(Br)c3)c(=O)n2[C@@H]1c1ccc(C(C)C)cc1. The predicted molar refractivity (Wildman–Crippen MR) is 192 cm³/mol. The topological polar surface area (TPSA) is 69.9 Å². The number of hydrogen-bond acceptors (Lipinski definition) is 6. The van der Waals surface area contributed by atoms with Crippen LogP contribution in [0.1, 0.15) is 60.5 Å². The average Bonchev–Trinajstić information content (AvgIpc) is 3.38. The van der Waals surface area contributed by atoms with E-state index in [0.29, 0.717) is 43.9 Å². The zero-order chi connectivity index (χ0) is 33.1. The lowest BCUT2D eigenvalue weighted by molar-refractivity contribution is -0.138. The van der Waals surface area contributed by atoms with Crippen LogP contribution in [-0.2, 0) is 16.1 Å². The molecule has 1 atom stereocenters. The van der Waals surface area contributed by atoms with E-state index in [4.69, 9.17) is 26.1 Å². The molecule has 9 heteroatoms. The molecule has 2 heterocycles. The minimum Gasteiger partial charge on any atom is -0.488 e. The van der Waals surface area contributed by atoms with E-state index in [2.05, 4.69) is 29.8 Å². The number of thiazole rings is 1. The third kappa shape index (κ3) is 6.91. The molecule has 0 unspecified atom stereocenters. The van der Waals surface area contributed by atoms with Crippen LogP contribution in [0.5, 0.6) is 5.75 Å². The van der Waals surface area contributed by atoms with Gasteiger partial charge in [-0.15, -0.1) is 0 Å². The predicted octanol–water partition coefficient (Wildman–Crippen LogP) is 8.05. The van der Waals surface area contributed by atoms with E-state index in [-0.39, 0.29) is 12.2 Å². The molecule has 0 saturated heterocycles. The van der Waals surface area contributed by atoms with Gasteiger partial charge in [0.2, 0.25) is 0 Å². The third-order valence-corrected chi connectivity index (χ3v) is 9.86. The molecule has 47 heavy (non-hydrogen) atoms. The van der Waals surface area contributed by atoms with Gasteiger partial charge in [-0.3, -0.25) is 9.36 Å². The normalized spacial score (nSPS) is 14.6. The highest BCUT2D eigenvalue weighted by Gasteiger charge is 2.35. The number of aromatic nitrogens is 1. The molecule has 6 rings (SSSR count). The van der Waals surface area contributed by atoms with E-state index < -0.39 is 12.0 Å². The van der Waals surface area contributed by atoms with E-state index in [9.17, 15) is 9.59 Å². The van der Waals surface area contributed by atoms with E-state index in [1.54, 1.807) is 11.5 Å². The van der Waals surface area contributed by atoms with E-state index in [1.165, 1.54) is 11.3 Å². The molecule has 5 aromatic rings. The Hall–Kier alpha value is -4.24. The lowest BCUT2D eigenvalue weighted by Crippen LogP contribution is -2.40. The van der Waals surface area contributed by atoms with E-state index in [1.807, 2.05) is 103 Å². The Morgan fingerprint density at radius 1 is 1.02 bits per heavy atom. The number of carbonyl (C=O) groups excluding carboxylic acids is 1. The number of ether oxygens (including phenoxy) is 2. The second-order valence-corrected chi connectivity index (χ2v) is 13.6. The van der Waals surface area contributed by atoms with Gasteiger partial charge in [-0.2, -0.15) is 0 Å². The molecule has 0 radical (unpaired) electrons. The summed E-state index contributed by atoms with van der Waals surface area (Å²) in [6.07, 6.45) is 1.83. The lowest BCUT2D eigenvalue weighted by Gasteiger charge is -2.26. The molecule has 1 aliphatic rings. The maximum absolute atomic E-state index is 14.2. The van der Waals surface area contributed by atoms with Gasteiger partial charge in [0, 0.05) is 16.1 Å². The summed E-state index contributed by atoms with van der Waals surface area (Å²) in [6, 6.07) is 30.1. The summed E-state index contributed by atoms with van der Waals surface area (Å²) in [5, 5.41) is 0.645. The highest BCUT2D eigenvalue weighted by molar-refractivity contribution is 9.10. The number of nitrogens with zero attached hydrogens (tertiary/aromatic N) is 2. The number of hydrogen-bond donors (Lipinski definition) is 0. The van der Waals surface area contributed by atoms with Gasteiger partial charge in [0.15, 0.2) is 4.80 Å². The van der Waals surface area contributed by atoms with Crippen LogP contribution in [0, 0.1) is 0 Å². The van der Waals surface area contributed by atoms with Gasteiger partial charge in [-0.25, -0.2) is 9.79 Å². The number of fused-ring (bicyclic) bond motifs is 1. The van der Waals surface area contributed by atoms with Crippen LogP contribution >= 0.6 is 38.9 Å². The fourth-order valence-electron chi connectivity index (χ4n) is 5.47. The summed E-state index contributed by atoms with van der Waals surface area (Å²) >= 11 is 11.2. The first-order valence-corrected chi connectivity index (χ1v) is 17.3. The van der Waals surface area contributed by atoms with Crippen molar-refractivity contribution in [2.75, 3.05) is 6.61 Å². The van der Waals surface area contributed by atoms with E-state index in [0.717, 1.165) is 32.3 Å². The Labute approximate surface area is 290 Å². The smallest absolute Gasteiger partial charge is 0.338 e. The minimum atomic E-state index is -0.726. The van der Waals surface area contributed by atoms with Gasteiger partial charge in [0.1, 0.15) is 12.4 Å². The number of esters is 1. The minimum absolute atomic E-state index is 0.195.